The Bertz CT molecular complexity index is 2000. The van der Waals surface area contributed by atoms with Gasteiger partial charge in [-0.15, -0.1) is 11.3 Å². The summed E-state index contributed by atoms with van der Waals surface area (Å²) in [5, 5.41) is 9.58. The Labute approximate surface area is 300 Å². The third kappa shape index (κ3) is 7.77. The molecule has 5 rings (SSSR count). The van der Waals surface area contributed by atoms with Crippen LogP contribution in [-0.2, 0) is 16.4 Å². The zero-order valence-electron chi connectivity index (χ0n) is 28.6. The monoisotopic (exact) mass is 746 g/mol. The Balaban J connectivity index is 1.50. The number of benzene rings is 3. The molecule has 0 spiro atoms. The first kappa shape index (κ1) is 37.5. The molecule has 0 radical (unpaired) electrons. The number of ether oxygens (including phenoxy) is 1. The lowest BCUT2D eigenvalue weighted by molar-refractivity contribution is 0.0535. The van der Waals surface area contributed by atoms with Crippen LogP contribution in [0.15, 0.2) is 59.5 Å². The lowest BCUT2D eigenvalue weighted by atomic mass is 9.84. The smallest absolute Gasteiger partial charge is 0.407 e. The van der Waals surface area contributed by atoms with Crippen molar-refractivity contribution in [3.8, 4) is 16.9 Å². The zero-order chi connectivity index (χ0) is 36.5. The van der Waals surface area contributed by atoms with Crippen molar-refractivity contribution in [3.63, 3.8) is 0 Å². The Kier molecular flexibility index (Phi) is 11.1. The van der Waals surface area contributed by atoms with Crippen LogP contribution in [0.25, 0.3) is 21.2 Å². The van der Waals surface area contributed by atoms with Crippen molar-refractivity contribution in [1.29, 1.82) is 0 Å². The van der Waals surface area contributed by atoms with Gasteiger partial charge in [0.2, 0.25) is 0 Å². The number of sulfone groups is 1. The summed E-state index contributed by atoms with van der Waals surface area (Å²) in [5.41, 5.74) is 1.64. The Morgan fingerprint density at radius 2 is 1.60 bits per heavy atom. The highest BCUT2D eigenvalue weighted by Gasteiger charge is 2.35. The highest BCUT2D eigenvalue weighted by molar-refractivity contribution is 7.91. The fraction of sp³-hybridized carbons (Fsp3) is 0.405. The van der Waals surface area contributed by atoms with Crippen LogP contribution in [-0.4, -0.2) is 66.3 Å². The molecule has 50 heavy (non-hydrogen) atoms. The predicted molar refractivity (Wildman–Crippen MR) is 193 cm³/mol. The van der Waals surface area contributed by atoms with E-state index >= 15 is 0 Å². The van der Waals surface area contributed by atoms with E-state index in [1.807, 2.05) is 32.9 Å². The summed E-state index contributed by atoms with van der Waals surface area (Å²) >= 11 is 7.43. The van der Waals surface area contributed by atoms with Gasteiger partial charge in [-0.1, -0.05) is 36.7 Å². The van der Waals surface area contributed by atoms with Crippen molar-refractivity contribution in [2.45, 2.75) is 76.4 Å². The quantitative estimate of drug-likeness (QED) is 0.174. The minimum Gasteiger partial charge on any atom is -0.496 e. The molecule has 0 unspecified atom stereocenters. The minimum atomic E-state index is -3.37. The van der Waals surface area contributed by atoms with Crippen LogP contribution in [0, 0.1) is 17.6 Å². The first-order valence-electron chi connectivity index (χ1n) is 16.4. The zero-order valence-corrected chi connectivity index (χ0v) is 31.0. The van der Waals surface area contributed by atoms with Gasteiger partial charge in [0.05, 0.1) is 32.9 Å². The van der Waals surface area contributed by atoms with Crippen LogP contribution in [0.4, 0.5) is 13.6 Å². The van der Waals surface area contributed by atoms with Crippen molar-refractivity contribution in [3.05, 3.63) is 81.7 Å². The molecule has 1 fully saturated rings. The molecule has 0 saturated heterocycles. The number of hydrogen-bond acceptors (Lipinski definition) is 6. The van der Waals surface area contributed by atoms with Crippen molar-refractivity contribution < 1.29 is 36.6 Å². The molecule has 1 aliphatic carbocycles. The van der Waals surface area contributed by atoms with E-state index in [1.54, 1.807) is 42.2 Å². The van der Waals surface area contributed by atoms with E-state index in [9.17, 15) is 31.9 Å². The largest absolute Gasteiger partial charge is 0.496 e. The Morgan fingerprint density at radius 1 is 0.980 bits per heavy atom. The lowest BCUT2D eigenvalue weighted by Crippen LogP contribution is -2.48. The van der Waals surface area contributed by atoms with Crippen molar-refractivity contribution in [2.24, 2.45) is 5.92 Å². The molecule has 0 aliphatic heterocycles. The van der Waals surface area contributed by atoms with E-state index in [-0.39, 0.29) is 49.1 Å². The van der Waals surface area contributed by atoms with Crippen LogP contribution in [0.3, 0.4) is 0 Å². The predicted octanol–water partition coefficient (Wildman–Crippen LogP) is 9.28. The minimum absolute atomic E-state index is 0.0116. The number of halogens is 3. The molecule has 4 aromatic rings. The maximum absolute atomic E-state index is 14.8. The molecule has 8 nitrogen and oxygen atoms in total. The van der Waals surface area contributed by atoms with Gasteiger partial charge in [0.15, 0.2) is 9.84 Å². The number of thiophene rings is 1. The van der Waals surface area contributed by atoms with Crippen LogP contribution in [0.2, 0.25) is 5.02 Å². The van der Waals surface area contributed by atoms with Crippen molar-refractivity contribution >= 4 is 54.9 Å². The van der Waals surface area contributed by atoms with Gasteiger partial charge in [-0.2, -0.15) is 0 Å². The van der Waals surface area contributed by atoms with Gasteiger partial charge in [0, 0.05) is 30.2 Å². The second-order valence-electron chi connectivity index (χ2n) is 13.6. The SMILES string of the molecule is CCS(=O)(=O)c1ccc(-c2ccc(OC)c(CN(C(=O)c3sc4c(F)ccc(F)c4c3Cl)C3CCC(CN(C(=O)O)C(C)(C)C)CC3)c2)cc1. The Hall–Kier alpha value is -3.74. The molecule has 0 atom stereocenters. The number of fused-ring (bicyclic) bond motifs is 1. The second kappa shape index (κ2) is 14.9. The standard InChI is InChI=1S/C37H41ClF2N2O6S2/c1-6-50(46,47)27-14-9-23(10-15-27)24-11-18-30(48-5)25(19-24)21-41(26-12-7-22(8-13-26)20-42(36(44)45)37(2,3)4)35(43)34-32(38)31-28(39)16-17-29(40)33(31)49-34/h9-11,14-19,22,26H,6-8,12-13,20-21H2,1-5H3,(H,44,45). The number of methoxy groups -OCH3 is 1. The molecule has 0 bridgehead atoms. The molecule has 2 amide bonds. The van der Waals surface area contributed by atoms with Gasteiger partial charge in [0.25, 0.3) is 5.91 Å². The summed E-state index contributed by atoms with van der Waals surface area (Å²) in [6, 6.07) is 13.8. The number of carbonyl (C=O) groups is 2. The molecule has 1 saturated carbocycles. The molecule has 1 heterocycles. The number of nitrogens with zero attached hydrogens (tertiary/aromatic N) is 2. The summed E-state index contributed by atoms with van der Waals surface area (Å²) in [6.07, 6.45) is 1.51. The van der Waals surface area contributed by atoms with Crippen LogP contribution in [0.1, 0.15) is 68.6 Å². The van der Waals surface area contributed by atoms with Gasteiger partial charge in [-0.05, 0) is 99.9 Å². The number of rotatable bonds is 10. The highest BCUT2D eigenvalue weighted by Crippen LogP contribution is 2.41. The third-order valence-corrected chi connectivity index (χ3v) is 12.8. The van der Waals surface area contributed by atoms with Gasteiger partial charge < -0.3 is 19.6 Å². The van der Waals surface area contributed by atoms with Crippen molar-refractivity contribution in [1.82, 2.24) is 9.80 Å². The van der Waals surface area contributed by atoms with Gasteiger partial charge in [-0.25, -0.2) is 22.0 Å². The molecule has 1 aromatic heterocycles. The number of amides is 2. The average Bonchev–Trinajstić information content (AvgIpc) is 3.45. The van der Waals surface area contributed by atoms with Crippen LogP contribution < -0.4 is 4.74 Å². The highest BCUT2D eigenvalue weighted by atomic mass is 35.5. The summed E-state index contributed by atoms with van der Waals surface area (Å²) in [6.45, 7) is 7.62. The maximum Gasteiger partial charge on any atom is 0.407 e. The number of carbonyl (C=O) groups excluding carboxylic acids is 1. The number of carboxylic acid groups (broad SMARTS) is 1. The second-order valence-corrected chi connectivity index (χ2v) is 17.3. The first-order valence-corrected chi connectivity index (χ1v) is 19.3. The van der Waals surface area contributed by atoms with Crippen molar-refractivity contribution in [2.75, 3.05) is 19.4 Å². The molecule has 1 N–H and O–H groups in total. The Morgan fingerprint density at radius 3 is 2.16 bits per heavy atom. The summed E-state index contributed by atoms with van der Waals surface area (Å²) < 4.78 is 60.0. The van der Waals surface area contributed by atoms with E-state index in [0.29, 0.717) is 43.5 Å². The average molecular weight is 747 g/mol. The molecule has 3 aromatic carbocycles. The topological polar surface area (TPSA) is 104 Å². The van der Waals surface area contributed by atoms with Gasteiger partial charge in [-0.3, -0.25) is 4.79 Å². The van der Waals surface area contributed by atoms with Gasteiger partial charge in [0.1, 0.15) is 22.3 Å². The van der Waals surface area contributed by atoms with E-state index < -0.39 is 39.0 Å². The van der Waals surface area contributed by atoms with Crippen LogP contribution in [0.5, 0.6) is 5.75 Å². The molecular weight excluding hydrogens is 706 g/mol. The fourth-order valence-electron chi connectivity index (χ4n) is 6.56. The van der Waals surface area contributed by atoms with E-state index in [4.69, 9.17) is 16.3 Å². The normalized spacial score (nSPS) is 16.7. The molecule has 268 valence electrons. The summed E-state index contributed by atoms with van der Waals surface area (Å²) in [5.74, 6) is -1.26. The summed E-state index contributed by atoms with van der Waals surface area (Å²) in [4.78, 5) is 29.9. The van der Waals surface area contributed by atoms with E-state index in [1.165, 1.54) is 12.0 Å². The molecular formula is C37H41ClF2N2O6S2. The first-order chi connectivity index (χ1) is 23.5. The summed E-state index contributed by atoms with van der Waals surface area (Å²) in [7, 11) is -1.85. The lowest BCUT2D eigenvalue weighted by Gasteiger charge is -2.40. The third-order valence-electron chi connectivity index (χ3n) is 9.42. The van der Waals surface area contributed by atoms with Crippen LogP contribution >= 0.6 is 22.9 Å². The molecule has 1 aliphatic rings. The maximum atomic E-state index is 14.8. The van der Waals surface area contributed by atoms with Gasteiger partial charge >= 0.3 is 6.09 Å². The van der Waals surface area contributed by atoms with E-state index in [2.05, 4.69) is 0 Å². The fourth-order valence-corrected chi connectivity index (χ4v) is 8.94. The van der Waals surface area contributed by atoms with E-state index in [0.717, 1.165) is 34.6 Å². The number of hydrogen-bond donors (Lipinski definition) is 1. The molecule has 13 heteroatoms.